The van der Waals surface area contributed by atoms with Gasteiger partial charge < -0.3 is 4.42 Å². The number of nitrogens with zero attached hydrogens (tertiary/aromatic N) is 3. The van der Waals surface area contributed by atoms with Crippen LogP contribution in [0.25, 0.3) is 0 Å². The summed E-state index contributed by atoms with van der Waals surface area (Å²) >= 11 is 0. The summed E-state index contributed by atoms with van der Waals surface area (Å²) < 4.78 is 30.0. The fourth-order valence-corrected chi connectivity index (χ4v) is 3.97. The largest absolute Gasteiger partial charge is 0.407 e. The van der Waals surface area contributed by atoms with Gasteiger partial charge in [-0.05, 0) is 30.4 Å². The number of hydrogen-bond acceptors (Lipinski definition) is 6. The van der Waals surface area contributed by atoms with Gasteiger partial charge in [0.25, 0.3) is 0 Å². The van der Waals surface area contributed by atoms with Crippen LogP contribution in [-0.4, -0.2) is 48.2 Å². The summed E-state index contributed by atoms with van der Waals surface area (Å²) in [5.41, 5.74) is 2.32. The van der Waals surface area contributed by atoms with Gasteiger partial charge in [-0.15, -0.1) is 5.10 Å². The van der Waals surface area contributed by atoms with Gasteiger partial charge in [0, 0.05) is 19.0 Å². The van der Waals surface area contributed by atoms with Crippen LogP contribution in [0, 0.1) is 5.92 Å². The summed E-state index contributed by atoms with van der Waals surface area (Å²) in [6, 6.07) is 8.26. The van der Waals surface area contributed by atoms with Crippen molar-refractivity contribution in [2.75, 3.05) is 24.7 Å². The number of piperidine rings is 1. The van der Waals surface area contributed by atoms with Crippen molar-refractivity contribution in [2.24, 2.45) is 5.92 Å². The fourth-order valence-electron chi connectivity index (χ4n) is 3.10. The van der Waals surface area contributed by atoms with Gasteiger partial charge in [-0.1, -0.05) is 36.3 Å². The first-order chi connectivity index (χ1) is 12.8. The van der Waals surface area contributed by atoms with Crippen LogP contribution in [0.2, 0.25) is 0 Å². The molecule has 2 heterocycles. The zero-order valence-electron chi connectivity index (χ0n) is 15.5. The summed E-state index contributed by atoms with van der Waals surface area (Å²) in [4.78, 5) is 12.4. The molecular weight excluding hydrogens is 368 g/mol. The second kappa shape index (κ2) is 8.18. The van der Waals surface area contributed by atoms with Crippen LogP contribution < -0.4 is 5.32 Å². The third kappa shape index (κ3) is 5.14. The lowest BCUT2D eigenvalue weighted by atomic mass is 9.97. The molecule has 0 radical (unpaired) electrons. The molecule has 0 spiro atoms. The van der Waals surface area contributed by atoms with Gasteiger partial charge in [0.15, 0.2) is 0 Å². The van der Waals surface area contributed by atoms with Crippen molar-refractivity contribution in [1.29, 1.82) is 0 Å². The lowest BCUT2D eigenvalue weighted by Crippen LogP contribution is -2.40. The number of benzene rings is 1. The molecular formula is C18H24N4O4S. The Hall–Kier alpha value is -2.26. The summed E-state index contributed by atoms with van der Waals surface area (Å²) in [7, 11) is -3.20. The number of aromatic nitrogens is 2. The number of carbonyl (C=O) groups excluding carboxylic acids is 1. The maximum atomic E-state index is 12.4. The van der Waals surface area contributed by atoms with Crippen molar-refractivity contribution < 1.29 is 17.6 Å². The van der Waals surface area contributed by atoms with E-state index in [1.54, 1.807) is 0 Å². The average molecular weight is 392 g/mol. The molecule has 1 saturated heterocycles. The molecule has 1 aromatic heterocycles. The molecule has 1 aliphatic rings. The van der Waals surface area contributed by atoms with E-state index >= 15 is 0 Å². The number of aryl methyl sites for hydroxylation is 1. The molecule has 0 saturated carbocycles. The molecule has 8 nitrogen and oxygen atoms in total. The highest BCUT2D eigenvalue weighted by molar-refractivity contribution is 7.88. The van der Waals surface area contributed by atoms with Gasteiger partial charge >= 0.3 is 6.01 Å². The van der Waals surface area contributed by atoms with Gasteiger partial charge in [-0.2, -0.15) is 0 Å². The van der Waals surface area contributed by atoms with Crippen LogP contribution in [0.4, 0.5) is 6.01 Å². The zero-order valence-corrected chi connectivity index (χ0v) is 16.3. The number of rotatable bonds is 6. The monoisotopic (exact) mass is 392 g/mol. The van der Waals surface area contributed by atoms with Gasteiger partial charge in [-0.3, -0.25) is 10.1 Å². The highest BCUT2D eigenvalue weighted by atomic mass is 32.2. The summed E-state index contributed by atoms with van der Waals surface area (Å²) in [6.45, 7) is 2.80. The minimum Gasteiger partial charge on any atom is -0.407 e. The first-order valence-corrected chi connectivity index (χ1v) is 10.9. The number of amides is 1. The molecule has 27 heavy (non-hydrogen) atoms. The zero-order chi connectivity index (χ0) is 19.4. The van der Waals surface area contributed by atoms with Gasteiger partial charge in [-0.25, -0.2) is 12.7 Å². The van der Waals surface area contributed by atoms with Gasteiger partial charge in [0.2, 0.25) is 21.8 Å². The lowest BCUT2D eigenvalue weighted by molar-refractivity contribution is -0.121. The molecule has 2 aromatic rings. The standard InChI is InChI=1S/C18H24N4O4S/c1-3-13-4-6-14(7-5-13)12-16-20-21-18(26-16)19-17(23)15-8-10-22(11-9-15)27(2,24)25/h4-7,15H,3,8-12H2,1-2H3,(H,19,21,23). The Morgan fingerprint density at radius 3 is 2.41 bits per heavy atom. The van der Waals surface area contributed by atoms with Crippen molar-refractivity contribution in [3.63, 3.8) is 0 Å². The summed E-state index contributed by atoms with van der Waals surface area (Å²) in [5.74, 6) is -0.0490. The topological polar surface area (TPSA) is 105 Å². The van der Waals surface area contributed by atoms with Gasteiger partial charge in [0.05, 0.1) is 12.7 Å². The molecule has 0 unspecified atom stereocenters. The molecule has 0 atom stereocenters. The van der Waals surface area contributed by atoms with E-state index in [4.69, 9.17) is 4.42 Å². The van der Waals surface area contributed by atoms with Crippen LogP contribution in [0.3, 0.4) is 0 Å². The maximum Gasteiger partial charge on any atom is 0.322 e. The molecule has 1 N–H and O–H groups in total. The van der Waals surface area contributed by atoms with E-state index in [1.165, 1.54) is 16.1 Å². The quantitative estimate of drug-likeness (QED) is 0.804. The molecule has 3 rings (SSSR count). The number of sulfonamides is 1. The molecule has 0 bridgehead atoms. The molecule has 0 aliphatic carbocycles. The van der Waals surface area contributed by atoms with Crippen LogP contribution >= 0.6 is 0 Å². The van der Waals surface area contributed by atoms with E-state index in [2.05, 4.69) is 34.6 Å². The van der Waals surface area contributed by atoms with Crippen molar-refractivity contribution in [2.45, 2.75) is 32.6 Å². The Morgan fingerprint density at radius 2 is 1.81 bits per heavy atom. The average Bonchev–Trinajstić information content (AvgIpc) is 3.08. The van der Waals surface area contributed by atoms with Crippen LogP contribution in [-0.2, 0) is 27.7 Å². The minimum absolute atomic E-state index is 0.0747. The van der Waals surface area contributed by atoms with E-state index in [0.717, 1.165) is 12.0 Å². The minimum atomic E-state index is -3.20. The Bertz CT molecular complexity index is 884. The van der Waals surface area contributed by atoms with Gasteiger partial charge in [0.1, 0.15) is 0 Å². The van der Waals surface area contributed by atoms with E-state index in [0.29, 0.717) is 38.2 Å². The van der Waals surface area contributed by atoms with Crippen LogP contribution in [0.15, 0.2) is 28.7 Å². The SMILES string of the molecule is CCc1ccc(Cc2nnc(NC(=O)C3CCN(S(C)(=O)=O)CC3)o2)cc1. The summed E-state index contributed by atoms with van der Waals surface area (Å²) in [6.07, 6.45) is 3.62. The normalized spacial score (nSPS) is 16.4. The van der Waals surface area contributed by atoms with Crippen molar-refractivity contribution >= 4 is 21.9 Å². The smallest absolute Gasteiger partial charge is 0.322 e. The Morgan fingerprint density at radius 1 is 1.19 bits per heavy atom. The molecule has 1 aliphatic heterocycles. The molecule has 1 amide bonds. The third-order valence-electron chi connectivity index (χ3n) is 4.78. The first kappa shape index (κ1) is 19.5. The second-order valence-electron chi connectivity index (χ2n) is 6.77. The number of anilines is 1. The number of hydrogen-bond donors (Lipinski definition) is 1. The van der Waals surface area contributed by atoms with E-state index in [-0.39, 0.29) is 17.8 Å². The van der Waals surface area contributed by atoms with Crippen molar-refractivity contribution in [1.82, 2.24) is 14.5 Å². The third-order valence-corrected chi connectivity index (χ3v) is 6.08. The Balaban J connectivity index is 1.53. The second-order valence-corrected chi connectivity index (χ2v) is 8.76. The maximum absolute atomic E-state index is 12.4. The highest BCUT2D eigenvalue weighted by Gasteiger charge is 2.29. The van der Waals surface area contributed by atoms with E-state index in [1.807, 2.05) is 12.1 Å². The molecule has 1 fully saturated rings. The highest BCUT2D eigenvalue weighted by Crippen LogP contribution is 2.21. The predicted molar refractivity (Wildman–Crippen MR) is 101 cm³/mol. The van der Waals surface area contributed by atoms with Crippen LogP contribution in [0.1, 0.15) is 36.8 Å². The molecule has 146 valence electrons. The molecule has 1 aromatic carbocycles. The van der Waals surface area contributed by atoms with E-state index < -0.39 is 10.0 Å². The van der Waals surface area contributed by atoms with Crippen molar-refractivity contribution in [3.05, 3.63) is 41.3 Å². The number of nitrogens with one attached hydrogen (secondary N) is 1. The van der Waals surface area contributed by atoms with Crippen molar-refractivity contribution in [3.8, 4) is 0 Å². The Labute approximate surface area is 159 Å². The van der Waals surface area contributed by atoms with E-state index in [9.17, 15) is 13.2 Å². The van der Waals surface area contributed by atoms with Crippen LogP contribution in [0.5, 0.6) is 0 Å². The molecule has 9 heteroatoms. The fraction of sp³-hybridized carbons (Fsp3) is 0.500. The number of carbonyl (C=O) groups is 1. The Kier molecular flexibility index (Phi) is 5.91. The predicted octanol–water partition coefficient (Wildman–Crippen LogP) is 1.83. The lowest BCUT2D eigenvalue weighted by Gasteiger charge is -2.29. The summed E-state index contributed by atoms with van der Waals surface area (Å²) in [5, 5.41) is 10.5. The first-order valence-electron chi connectivity index (χ1n) is 9.01.